The van der Waals surface area contributed by atoms with E-state index < -0.39 is 16.1 Å². The lowest BCUT2D eigenvalue weighted by molar-refractivity contribution is -0.122. The molecule has 0 aliphatic rings. The Kier molecular flexibility index (Phi) is 7.13. The summed E-state index contributed by atoms with van der Waals surface area (Å²) >= 11 is 0. The smallest absolute Gasteiger partial charge is 0.244 e. The number of rotatable bonds is 8. The lowest BCUT2D eigenvalue weighted by Crippen LogP contribution is -2.48. The maximum atomic E-state index is 13.3. The number of nitrogens with zero attached hydrogens (tertiary/aromatic N) is 1. The summed E-state index contributed by atoms with van der Waals surface area (Å²) in [4.78, 5) is 13.3. The van der Waals surface area contributed by atoms with Crippen molar-refractivity contribution >= 4 is 21.6 Å². The standard InChI is InChI=1S/C25H28N2O3S/c1-4-20-15-17-23(18-16-20)27(31(3,29)30)19(2)25(28)26-24(21-11-7-5-8-12-21)22-13-9-6-10-14-22/h5-19,24H,4H2,1-3H3,(H,26,28)/t19-/m1/s1. The molecule has 0 saturated heterocycles. The van der Waals surface area contributed by atoms with Crippen LogP contribution in [0, 0.1) is 0 Å². The Morgan fingerprint density at radius 1 is 0.871 bits per heavy atom. The molecule has 0 fully saturated rings. The molecule has 0 aliphatic carbocycles. The molecule has 1 atom stereocenters. The second-order valence-corrected chi connectivity index (χ2v) is 9.38. The van der Waals surface area contributed by atoms with Crippen molar-refractivity contribution in [2.75, 3.05) is 10.6 Å². The summed E-state index contributed by atoms with van der Waals surface area (Å²) in [7, 11) is -3.67. The van der Waals surface area contributed by atoms with Crippen LogP contribution >= 0.6 is 0 Å². The van der Waals surface area contributed by atoms with Crippen LogP contribution in [0.1, 0.15) is 36.6 Å². The summed E-state index contributed by atoms with van der Waals surface area (Å²) in [6, 6.07) is 25.2. The Hall–Kier alpha value is -3.12. The summed E-state index contributed by atoms with van der Waals surface area (Å²) < 4.78 is 26.4. The summed E-state index contributed by atoms with van der Waals surface area (Å²) in [5.41, 5.74) is 3.42. The minimum Gasteiger partial charge on any atom is -0.343 e. The summed E-state index contributed by atoms with van der Waals surface area (Å²) in [5.74, 6) is -0.373. The van der Waals surface area contributed by atoms with Crippen molar-refractivity contribution < 1.29 is 13.2 Å². The quantitative estimate of drug-likeness (QED) is 0.572. The second-order valence-electron chi connectivity index (χ2n) is 7.52. The number of carbonyl (C=O) groups excluding carboxylic acids is 1. The van der Waals surface area contributed by atoms with E-state index in [0.29, 0.717) is 5.69 Å². The third-order valence-corrected chi connectivity index (χ3v) is 6.48. The Balaban J connectivity index is 1.92. The molecule has 5 nitrogen and oxygen atoms in total. The van der Waals surface area contributed by atoms with E-state index in [-0.39, 0.29) is 11.9 Å². The number of aryl methyl sites for hydroxylation is 1. The maximum absolute atomic E-state index is 13.3. The van der Waals surface area contributed by atoms with Gasteiger partial charge in [0.1, 0.15) is 6.04 Å². The first-order valence-electron chi connectivity index (χ1n) is 10.3. The number of hydrogen-bond donors (Lipinski definition) is 1. The fourth-order valence-corrected chi connectivity index (χ4v) is 4.78. The number of carbonyl (C=O) groups is 1. The average molecular weight is 437 g/mol. The molecule has 31 heavy (non-hydrogen) atoms. The van der Waals surface area contributed by atoms with Crippen molar-refractivity contribution in [3.05, 3.63) is 102 Å². The van der Waals surface area contributed by atoms with Gasteiger partial charge in [-0.25, -0.2) is 8.42 Å². The predicted octanol–water partition coefficient (Wildman–Crippen LogP) is 4.31. The van der Waals surface area contributed by atoms with Crippen molar-refractivity contribution in [3.8, 4) is 0 Å². The van der Waals surface area contributed by atoms with Gasteiger partial charge in [-0.1, -0.05) is 79.7 Å². The van der Waals surface area contributed by atoms with Crippen molar-refractivity contribution in [2.24, 2.45) is 0 Å². The SMILES string of the molecule is CCc1ccc(N([C@H](C)C(=O)NC(c2ccccc2)c2ccccc2)S(C)(=O)=O)cc1. The number of benzene rings is 3. The molecule has 3 aromatic rings. The molecule has 1 amide bonds. The molecule has 0 aliphatic heterocycles. The van der Waals surface area contributed by atoms with E-state index in [1.165, 1.54) is 4.31 Å². The molecule has 0 unspecified atom stereocenters. The summed E-state index contributed by atoms with van der Waals surface area (Å²) in [5, 5.41) is 3.05. The normalized spacial score (nSPS) is 12.4. The first-order valence-corrected chi connectivity index (χ1v) is 12.1. The molecule has 6 heteroatoms. The van der Waals surface area contributed by atoms with Crippen molar-refractivity contribution in [1.82, 2.24) is 5.32 Å². The van der Waals surface area contributed by atoms with Gasteiger partial charge in [-0.3, -0.25) is 9.10 Å². The van der Waals surface area contributed by atoms with Gasteiger partial charge in [0.15, 0.2) is 0 Å². The third-order valence-electron chi connectivity index (χ3n) is 5.24. The van der Waals surface area contributed by atoms with Gasteiger partial charge >= 0.3 is 0 Å². The monoisotopic (exact) mass is 436 g/mol. The van der Waals surface area contributed by atoms with Gasteiger partial charge in [-0.15, -0.1) is 0 Å². The van der Waals surface area contributed by atoms with Gasteiger partial charge in [0, 0.05) is 0 Å². The zero-order valence-electron chi connectivity index (χ0n) is 18.0. The molecule has 0 saturated carbocycles. The highest BCUT2D eigenvalue weighted by atomic mass is 32.2. The number of anilines is 1. The molecular formula is C25H28N2O3S. The number of hydrogen-bond acceptors (Lipinski definition) is 3. The van der Waals surface area contributed by atoms with Crippen molar-refractivity contribution in [1.29, 1.82) is 0 Å². The number of amides is 1. The second kappa shape index (κ2) is 9.79. The van der Waals surface area contributed by atoms with Crippen molar-refractivity contribution in [3.63, 3.8) is 0 Å². The topological polar surface area (TPSA) is 66.5 Å². The lowest BCUT2D eigenvalue weighted by atomic mass is 9.98. The molecule has 1 N–H and O–H groups in total. The van der Waals surface area contributed by atoms with E-state index in [9.17, 15) is 13.2 Å². The van der Waals surface area contributed by atoms with E-state index in [1.807, 2.05) is 79.7 Å². The Morgan fingerprint density at radius 2 is 1.35 bits per heavy atom. The minimum absolute atomic E-state index is 0.373. The van der Waals surface area contributed by atoms with E-state index in [0.717, 1.165) is 29.4 Å². The largest absolute Gasteiger partial charge is 0.343 e. The Bertz CT molecular complexity index is 1060. The van der Waals surface area contributed by atoms with Crippen LogP contribution in [-0.2, 0) is 21.2 Å². The number of nitrogens with one attached hydrogen (secondary N) is 1. The molecule has 0 heterocycles. The molecule has 0 aromatic heterocycles. The first-order chi connectivity index (χ1) is 14.8. The van der Waals surface area contributed by atoms with Gasteiger partial charge in [0.2, 0.25) is 15.9 Å². The predicted molar refractivity (Wildman–Crippen MR) is 125 cm³/mol. The van der Waals surface area contributed by atoms with Gasteiger partial charge < -0.3 is 5.32 Å². The van der Waals surface area contributed by atoms with Gasteiger partial charge in [-0.05, 0) is 42.2 Å². The van der Waals surface area contributed by atoms with E-state index in [1.54, 1.807) is 19.1 Å². The summed E-state index contributed by atoms with van der Waals surface area (Å²) in [6.45, 7) is 3.64. The van der Waals surface area contributed by atoms with Crippen LogP contribution in [-0.4, -0.2) is 26.6 Å². The van der Waals surface area contributed by atoms with E-state index >= 15 is 0 Å². The molecule has 162 valence electrons. The highest BCUT2D eigenvalue weighted by molar-refractivity contribution is 7.92. The zero-order chi connectivity index (χ0) is 22.4. The molecule has 0 spiro atoms. The molecule has 0 bridgehead atoms. The number of sulfonamides is 1. The molecular weight excluding hydrogens is 408 g/mol. The van der Waals surface area contributed by atoms with E-state index in [2.05, 4.69) is 5.32 Å². The van der Waals surface area contributed by atoms with Crippen LogP contribution in [0.15, 0.2) is 84.9 Å². The maximum Gasteiger partial charge on any atom is 0.244 e. The fourth-order valence-electron chi connectivity index (χ4n) is 3.60. The third kappa shape index (κ3) is 5.52. The highest BCUT2D eigenvalue weighted by Gasteiger charge is 2.30. The van der Waals surface area contributed by atoms with E-state index in [4.69, 9.17) is 0 Å². The molecule has 3 rings (SSSR count). The average Bonchev–Trinajstić information content (AvgIpc) is 2.78. The highest BCUT2D eigenvalue weighted by Crippen LogP contribution is 2.25. The van der Waals surface area contributed by atoms with Crippen LogP contribution < -0.4 is 9.62 Å². The molecule has 3 aromatic carbocycles. The lowest BCUT2D eigenvalue weighted by Gasteiger charge is -2.30. The summed E-state index contributed by atoms with van der Waals surface area (Å²) in [6.07, 6.45) is 1.97. The molecule has 0 radical (unpaired) electrons. The van der Waals surface area contributed by atoms with Crippen LogP contribution in [0.2, 0.25) is 0 Å². The minimum atomic E-state index is -3.67. The van der Waals surface area contributed by atoms with Gasteiger partial charge in [0.25, 0.3) is 0 Å². The Morgan fingerprint density at radius 3 is 1.77 bits per heavy atom. The van der Waals surface area contributed by atoms with Gasteiger partial charge in [-0.2, -0.15) is 0 Å². The fraction of sp³-hybridized carbons (Fsp3) is 0.240. The van der Waals surface area contributed by atoms with Crippen LogP contribution in [0.4, 0.5) is 5.69 Å². The van der Waals surface area contributed by atoms with Crippen LogP contribution in [0.25, 0.3) is 0 Å². The van der Waals surface area contributed by atoms with Gasteiger partial charge in [0.05, 0.1) is 18.0 Å². The van der Waals surface area contributed by atoms with Crippen LogP contribution in [0.3, 0.4) is 0 Å². The van der Waals surface area contributed by atoms with Crippen LogP contribution in [0.5, 0.6) is 0 Å². The van der Waals surface area contributed by atoms with Crippen molar-refractivity contribution in [2.45, 2.75) is 32.4 Å². The first kappa shape index (κ1) is 22.6. The Labute approximate surface area is 184 Å². The zero-order valence-corrected chi connectivity index (χ0v) is 18.8.